The van der Waals surface area contributed by atoms with Crippen molar-refractivity contribution >= 4 is 0 Å². The van der Waals surface area contributed by atoms with E-state index in [4.69, 9.17) is 4.74 Å². The predicted molar refractivity (Wildman–Crippen MR) is 44.2 cm³/mol. The Balaban J connectivity index is 3.04. The molecule has 4 nitrogen and oxygen atoms in total. The number of hydrogen-bond acceptors (Lipinski definition) is 4. The maximum Gasteiger partial charge on any atom is 0.162 e. The number of benzene rings is 1. The Kier molecular flexibility index (Phi) is 2.63. The second-order valence-electron chi connectivity index (χ2n) is 2.26. The lowest BCUT2D eigenvalue weighted by Crippen LogP contribution is -1.87. The van der Waals surface area contributed by atoms with Crippen molar-refractivity contribution in [3.8, 4) is 11.5 Å². The number of ether oxygens (including phenoxy) is 1. The van der Waals surface area contributed by atoms with Crippen molar-refractivity contribution in [1.29, 1.82) is 0 Å². The molecule has 4 heteroatoms. The molecule has 0 spiro atoms. The zero-order valence-electron chi connectivity index (χ0n) is 6.65. The van der Waals surface area contributed by atoms with E-state index in [1.807, 2.05) is 0 Å². The molecule has 0 aromatic heterocycles. The fraction of sp³-hybridized carbons (Fsp3) is 0.250. The Morgan fingerprint density at radius 2 is 2.33 bits per heavy atom. The third-order valence-corrected chi connectivity index (χ3v) is 1.54. The number of aromatic hydroxyl groups is 1. The first-order chi connectivity index (χ1) is 5.79. The zero-order chi connectivity index (χ0) is 8.97. The van der Waals surface area contributed by atoms with Crippen LogP contribution in [-0.2, 0) is 6.54 Å². The monoisotopic (exact) mass is 167 g/mol. The Labute approximate surface area is 69.8 Å². The van der Waals surface area contributed by atoms with Crippen LogP contribution in [0.4, 0.5) is 0 Å². The largest absolute Gasteiger partial charge is 0.504 e. The molecule has 12 heavy (non-hydrogen) atoms. The molecule has 0 saturated heterocycles. The van der Waals surface area contributed by atoms with Crippen molar-refractivity contribution in [3.63, 3.8) is 0 Å². The van der Waals surface area contributed by atoms with Gasteiger partial charge >= 0.3 is 0 Å². The molecule has 0 aliphatic rings. The topological polar surface area (TPSA) is 58.9 Å². The van der Waals surface area contributed by atoms with Crippen LogP contribution in [-0.4, -0.2) is 12.2 Å². The highest BCUT2D eigenvalue weighted by Crippen LogP contribution is 2.29. The van der Waals surface area contributed by atoms with Gasteiger partial charge in [0, 0.05) is 5.56 Å². The molecule has 0 amide bonds. The predicted octanol–water partition coefficient (Wildman–Crippen LogP) is 1.67. The van der Waals surface area contributed by atoms with Crippen LogP contribution < -0.4 is 4.74 Å². The summed E-state index contributed by atoms with van der Waals surface area (Å²) in [5.41, 5.74) is 0.476. The fourth-order valence-electron chi connectivity index (χ4n) is 0.930. The minimum absolute atomic E-state index is 0.0143. The minimum Gasteiger partial charge on any atom is -0.504 e. The van der Waals surface area contributed by atoms with E-state index in [0.29, 0.717) is 11.3 Å². The molecule has 0 heterocycles. The standard InChI is InChI=1S/C8H9NO3/c1-12-7-4-2-3-6(5-9-11)8(7)10/h2-4,10H,5H2,1H3. The highest BCUT2D eigenvalue weighted by atomic mass is 16.5. The number of phenols is 1. The van der Waals surface area contributed by atoms with Crippen LogP contribution in [0, 0.1) is 4.91 Å². The van der Waals surface area contributed by atoms with Gasteiger partial charge in [0.05, 0.1) is 7.11 Å². The Morgan fingerprint density at radius 3 is 2.92 bits per heavy atom. The average Bonchev–Trinajstić information content (AvgIpc) is 2.09. The van der Waals surface area contributed by atoms with Gasteiger partial charge in [-0.25, -0.2) is 0 Å². The lowest BCUT2D eigenvalue weighted by Gasteiger charge is -2.04. The van der Waals surface area contributed by atoms with Crippen molar-refractivity contribution in [1.82, 2.24) is 0 Å². The molecule has 1 aromatic rings. The first-order valence-electron chi connectivity index (χ1n) is 3.43. The van der Waals surface area contributed by atoms with Gasteiger partial charge in [0.25, 0.3) is 0 Å². The Bertz CT molecular complexity index is 286. The van der Waals surface area contributed by atoms with Crippen LogP contribution in [0.1, 0.15) is 5.56 Å². The van der Waals surface area contributed by atoms with E-state index in [1.54, 1.807) is 18.2 Å². The van der Waals surface area contributed by atoms with Gasteiger partial charge in [0.1, 0.15) is 6.54 Å². The van der Waals surface area contributed by atoms with Gasteiger partial charge in [-0.15, -0.1) is 0 Å². The van der Waals surface area contributed by atoms with Crippen molar-refractivity contribution < 1.29 is 9.84 Å². The van der Waals surface area contributed by atoms with Crippen LogP contribution in [0.15, 0.2) is 23.4 Å². The highest BCUT2D eigenvalue weighted by Gasteiger charge is 2.05. The van der Waals surface area contributed by atoms with E-state index in [0.717, 1.165) is 0 Å². The molecule has 0 radical (unpaired) electrons. The Morgan fingerprint density at radius 1 is 1.58 bits per heavy atom. The minimum atomic E-state index is -0.0387. The van der Waals surface area contributed by atoms with Gasteiger partial charge in [0.15, 0.2) is 11.5 Å². The third-order valence-electron chi connectivity index (χ3n) is 1.54. The lowest BCUT2D eigenvalue weighted by atomic mass is 10.2. The zero-order valence-corrected chi connectivity index (χ0v) is 6.65. The number of rotatable bonds is 3. The number of nitrogens with zero attached hydrogens (tertiary/aromatic N) is 1. The lowest BCUT2D eigenvalue weighted by molar-refractivity contribution is 0.370. The van der Waals surface area contributed by atoms with Gasteiger partial charge in [0.2, 0.25) is 0 Å². The molecule has 1 N–H and O–H groups in total. The van der Waals surface area contributed by atoms with E-state index in [-0.39, 0.29) is 12.3 Å². The third kappa shape index (κ3) is 1.53. The highest BCUT2D eigenvalue weighted by molar-refractivity contribution is 5.45. The van der Waals surface area contributed by atoms with E-state index in [2.05, 4.69) is 5.18 Å². The van der Waals surface area contributed by atoms with Gasteiger partial charge < -0.3 is 9.84 Å². The van der Waals surface area contributed by atoms with Crippen LogP contribution >= 0.6 is 0 Å². The quantitative estimate of drug-likeness (QED) is 0.696. The van der Waals surface area contributed by atoms with Crippen LogP contribution in [0.3, 0.4) is 0 Å². The second kappa shape index (κ2) is 3.71. The molecular formula is C8H9NO3. The molecule has 1 aromatic carbocycles. The van der Waals surface area contributed by atoms with Gasteiger partial charge in [-0.05, 0) is 6.07 Å². The number of phenolic OH excluding ortho intramolecular Hbond substituents is 1. The summed E-state index contributed by atoms with van der Waals surface area (Å²) in [4.78, 5) is 9.92. The van der Waals surface area contributed by atoms with E-state index in [1.165, 1.54) is 7.11 Å². The average molecular weight is 167 g/mol. The normalized spacial score (nSPS) is 9.42. The summed E-state index contributed by atoms with van der Waals surface area (Å²) in [5, 5.41) is 12.1. The summed E-state index contributed by atoms with van der Waals surface area (Å²) in [6.07, 6.45) is 0. The van der Waals surface area contributed by atoms with Crippen molar-refractivity contribution in [2.75, 3.05) is 7.11 Å². The maximum absolute atomic E-state index is 9.92. The van der Waals surface area contributed by atoms with Gasteiger partial charge in [-0.3, -0.25) is 0 Å². The van der Waals surface area contributed by atoms with Gasteiger partial charge in [-0.2, -0.15) is 4.91 Å². The molecule has 1 rings (SSSR count). The van der Waals surface area contributed by atoms with Crippen LogP contribution in [0.5, 0.6) is 11.5 Å². The summed E-state index contributed by atoms with van der Waals surface area (Å²) in [7, 11) is 1.45. The molecule has 0 atom stereocenters. The molecule has 0 aliphatic carbocycles. The van der Waals surface area contributed by atoms with Crippen molar-refractivity contribution in [2.45, 2.75) is 6.54 Å². The molecule has 0 bridgehead atoms. The molecule has 0 aliphatic heterocycles. The molecular weight excluding hydrogens is 158 g/mol. The van der Waals surface area contributed by atoms with Gasteiger partial charge in [-0.1, -0.05) is 17.3 Å². The molecule has 0 unspecified atom stereocenters. The summed E-state index contributed by atoms with van der Waals surface area (Å²) >= 11 is 0. The number of hydrogen-bond donors (Lipinski definition) is 1. The maximum atomic E-state index is 9.92. The SMILES string of the molecule is COc1cccc(CN=O)c1O. The van der Waals surface area contributed by atoms with Crippen LogP contribution in [0.2, 0.25) is 0 Å². The second-order valence-corrected chi connectivity index (χ2v) is 2.26. The summed E-state index contributed by atoms with van der Waals surface area (Å²) < 4.78 is 4.84. The summed E-state index contributed by atoms with van der Waals surface area (Å²) in [5.74, 6) is 0.343. The Hall–Kier alpha value is -1.58. The fourth-order valence-corrected chi connectivity index (χ4v) is 0.930. The number of para-hydroxylation sites is 1. The molecule has 64 valence electrons. The van der Waals surface area contributed by atoms with E-state index < -0.39 is 0 Å². The summed E-state index contributed by atoms with van der Waals surface area (Å²) in [6, 6.07) is 4.93. The van der Waals surface area contributed by atoms with Crippen molar-refractivity contribution in [2.24, 2.45) is 5.18 Å². The summed E-state index contributed by atoms with van der Waals surface area (Å²) in [6.45, 7) is -0.0387. The van der Waals surface area contributed by atoms with E-state index >= 15 is 0 Å². The number of nitroso groups, excluding NO2 is 1. The van der Waals surface area contributed by atoms with Crippen molar-refractivity contribution in [3.05, 3.63) is 28.7 Å². The smallest absolute Gasteiger partial charge is 0.162 e. The first-order valence-corrected chi connectivity index (χ1v) is 3.43. The van der Waals surface area contributed by atoms with Crippen LogP contribution in [0.25, 0.3) is 0 Å². The first kappa shape index (κ1) is 8.52. The number of methoxy groups -OCH3 is 1. The molecule has 0 saturated carbocycles. The van der Waals surface area contributed by atoms with E-state index in [9.17, 15) is 10.0 Å². The molecule has 0 fully saturated rings.